The van der Waals surface area contributed by atoms with Gasteiger partial charge in [-0.3, -0.25) is 0 Å². The lowest BCUT2D eigenvalue weighted by Gasteiger charge is -2.04. The van der Waals surface area contributed by atoms with Crippen LogP contribution in [-0.4, -0.2) is 20.4 Å². The van der Waals surface area contributed by atoms with Crippen molar-refractivity contribution in [2.24, 2.45) is 0 Å². The fourth-order valence-electron chi connectivity index (χ4n) is 1.94. The summed E-state index contributed by atoms with van der Waals surface area (Å²) in [5.41, 5.74) is 1.55. The number of nitrogens with zero attached hydrogens (tertiary/aromatic N) is 2. The molecule has 1 unspecified atom stereocenters. The summed E-state index contributed by atoms with van der Waals surface area (Å²) in [5, 5.41) is 28.1. The minimum atomic E-state index is -0.372. The van der Waals surface area contributed by atoms with Gasteiger partial charge in [-0.1, -0.05) is 41.7 Å². The quantitative estimate of drug-likeness (QED) is 0.718. The van der Waals surface area contributed by atoms with E-state index in [9.17, 15) is 10.2 Å². The summed E-state index contributed by atoms with van der Waals surface area (Å²) < 4.78 is 0. The highest BCUT2D eigenvalue weighted by Crippen LogP contribution is 2.35. The van der Waals surface area contributed by atoms with Gasteiger partial charge in [0.15, 0.2) is 0 Å². The van der Waals surface area contributed by atoms with Crippen molar-refractivity contribution in [2.45, 2.75) is 5.38 Å². The van der Waals surface area contributed by atoms with Crippen LogP contribution in [0.25, 0.3) is 10.6 Å². The van der Waals surface area contributed by atoms with Gasteiger partial charge < -0.3 is 10.2 Å². The molecule has 106 valence electrons. The number of hydrogen-bond donors (Lipinski definition) is 2. The Kier molecular flexibility index (Phi) is 3.77. The zero-order valence-corrected chi connectivity index (χ0v) is 12.3. The second-order valence-corrected chi connectivity index (χ2v) is 5.90. The van der Waals surface area contributed by atoms with E-state index in [1.165, 1.54) is 29.5 Å². The van der Waals surface area contributed by atoms with Crippen LogP contribution in [0.2, 0.25) is 0 Å². The molecule has 0 amide bonds. The largest absolute Gasteiger partial charge is 0.508 e. The molecular weight excluding hydrogens is 308 g/mol. The summed E-state index contributed by atoms with van der Waals surface area (Å²) >= 11 is 7.73. The van der Waals surface area contributed by atoms with E-state index in [0.717, 1.165) is 5.56 Å². The number of phenols is 2. The molecule has 0 aliphatic rings. The maximum Gasteiger partial charge on any atom is 0.148 e. The zero-order valence-electron chi connectivity index (χ0n) is 10.8. The van der Waals surface area contributed by atoms with Gasteiger partial charge in [0.25, 0.3) is 0 Å². The number of hydrogen-bond acceptors (Lipinski definition) is 5. The first-order chi connectivity index (χ1) is 10.1. The summed E-state index contributed by atoms with van der Waals surface area (Å²) in [7, 11) is 0. The lowest BCUT2D eigenvalue weighted by molar-refractivity contribution is 0.451. The van der Waals surface area contributed by atoms with Gasteiger partial charge in [0, 0.05) is 11.6 Å². The molecule has 0 fully saturated rings. The molecule has 0 aliphatic heterocycles. The summed E-state index contributed by atoms with van der Waals surface area (Å²) in [4.78, 5) is 0. The molecule has 0 saturated heterocycles. The van der Waals surface area contributed by atoms with Gasteiger partial charge >= 0.3 is 0 Å². The third kappa shape index (κ3) is 2.99. The number of aromatic hydroxyl groups is 2. The second-order valence-electron chi connectivity index (χ2n) is 4.46. The molecule has 6 heteroatoms. The molecule has 0 aliphatic carbocycles. The fourth-order valence-corrected chi connectivity index (χ4v) is 3.10. The highest BCUT2D eigenvalue weighted by Gasteiger charge is 2.17. The van der Waals surface area contributed by atoms with Crippen LogP contribution in [0.15, 0.2) is 48.5 Å². The van der Waals surface area contributed by atoms with Crippen LogP contribution in [0.1, 0.15) is 15.9 Å². The lowest BCUT2D eigenvalue weighted by atomic mass is 10.1. The van der Waals surface area contributed by atoms with Crippen molar-refractivity contribution in [2.75, 3.05) is 0 Å². The van der Waals surface area contributed by atoms with Crippen molar-refractivity contribution in [3.63, 3.8) is 0 Å². The zero-order chi connectivity index (χ0) is 14.8. The molecule has 21 heavy (non-hydrogen) atoms. The van der Waals surface area contributed by atoms with Gasteiger partial charge in [-0.25, -0.2) is 0 Å². The molecule has 0 saturated carbocycles. The van der Waals surface area contributed by atoms with Crippen LogP contribution >= 0.6 is 22.9 Å². The molecule has 1 aromatic heterocycles. The molecular formula is C15H11ClN2O2S. The van der Waals surface area contributed by atoms with Gasteiger partial charge in [-0.15, -0.1) is 21.8 Å². The molecule has 4 nitrogen and oxygen atoms in total. The van der Waals surface area contributed by atoms with Crippen LogP contribution in [0.4, 0.5) is 0 Å². The Hall–Kier alpha value is -2.11. The first-order valence-electron chi connectivity index (χ1n) is 6.19. The normalized spacial score (nSPS) is 12.2. The first-order valence-corrected chi connectivity index (χ1v) is 7.44. The molecule has 3 aromatic rings. The molecule has 2 aromatic carbocycles. The number of rotatable bonds is 3. The van der Waals surface area contributed by atoms with Gasteiger partial charge in [0.1, 0.15) is 26.9 Å². The molecule has 2 N–H and O–H groups in total. The minimum absolute atomic E-state index is 0.0211. The van der Waals surface area contributed by atoms with Crippen molar-refractivity contribution < 1.29 is 10.2 Å². The average molecular weight is 319 g/mol. The highest BCUT2D eigenvalue weighted by atomic mass is 35.5. The maximum absolute atomic E-state index is 9.52. The second kappa shape index (κ2) is 5.71. The van der Waals surface area contributed by atoms with E-state index < -0.39 is 0 Å². The Morgan fingerprint density at radius 1 is 0.952 bits per heavy atom. The van der Waals surface area contributed by atoms with Crippen molar-refractivity contribution in [3.8, 4) is 22.1 Å². The number of benzene rings is 2. The van der Waals surface area contributed by atoms with E-state index in [4.69, 9.17) is 11.6 Å². The van der Waals surface area contributed by atoms with Crippen LogP contribution in [0.5, 0.6) is 11.5 Å². The Bertz CT molecular complexity index is 741. The molecule has 1 atom stereocenters. The van der Waals surface area contributed by atoms with Gasteiger partial charge in [0.2, 0.25) is 0 Å². The van der Waals surface area contributed by atoms with E-state index in [-0.39, 0.29) is 16.9 Å². The fraction of sp³-hybridized carbons (Fsp3) is 0.0667. The molecule has 1 heterocycles. The third-order valence-electron chi connectivity index (χ3n) is 2.90. The van der Waals surface area contributed by atoms with Gasteiger partial charge in [-0.05, 0) is 17.7 Å². The Labute approximate surface area is 130 Å². The number of phenolic OH excluding ortho intramolecular Hbond substituents is 2. The van der Waals surface area contributed by atoms with Crippen LogP contribution in [0, 0.1) is 0 Å². The average Bonchev–Trinajstić information content (AvgIpc) is 2.96. The van der Waals surface area contributed by atoms with Crippen molar-refractivity contribution in [1.29, 1.82) is 0 Å². The van der Waals surface area contributed by atoms with Crippen molar-refractivity contribution in [3.05, 3.63) is 59.1 Å². The van der Waals surface area contributed by atoms with Crippen molar-refractivity contribution in [1.82, 2.24) is 10.2 Å². The maximum atomic E-state index is 9.52. The molecule has 0 bridgehead atoms. The van der Waals surface area contributed by atoms with Gasteiger partial charge in [-0.2, -0.15) is 0 Å². The van der Waals surface area contributed by atoms with E-state index in [1.807, 2.05) is 30.3 Å². The van der Waals surface area contributed by atoms with E-state index >= 15 is 0 Å². The Morgan fingerprint density at radius 3 is 2.29 bits per heavy atom. The SMILES string of the molecule is Oc1cc(O)cc(-c2nnc(C(Cl)c3ccccc3)s2)c1. The molecule has 0 spiro atoms. The predicted octanol–water partition coefficient (Wildman–Crippen LogP) is 3.94. The van der Waals surface area contributed by atoms with Crippen LogP contribution in [0.3, 0.4) is 0 Å². The molecule has 0 radical (unpaired) electrons. The van der Waals surface area contributed by atoms with Gasteiger partial charge in [0.05, 0.1) is 0 Å². The topological polar surface area (TPSA) is 66.2 Å². The standard InChI is InChI=1S/C15H11ClN2O2S/c16-13(9-4-2-1-3-5-9)15-18-17-14(21-15)10-6-11(19)8-12(20)7-10/h1-8,13,19-20H. The summed E-state index contributed by atoms with van der Waals surface area (Å²) in [6.45, 7) is 0. The Balaban J connectivity index is 1.93. The minimum Gasteiger partial charge on any atom is -0.508 e. The first kappa shape index (κ1) is 13.9. The third-order valence-corrected chi connectivity index (χ3v) is 4.52. The number of aromatic nitrogens is 2. The summed E-state index contributed by atoms with van der Waals surface area (Å²) in [6, 6.07) is 13.9. The number of halogens is 1. The summed E-state index contributed by atoms with van der Waals surface area (Å²) in [5.74, 6) is -0.0422. The van der Waals surface area contributed by atoms with Crippen LogP contribution in [-0.2, 0) is 0 Å². The highest BCUT2D eigenvalue weighted by molar-refractivity contribution is 7.15. The lowest BCUT2D eigenvalue weighted by Crippen LogP contribution is -1.91. The number of alkyl halides is 1. The monoisotopic (exact) mass is 318 g/mol. The predicted molar refractivity (Wildman–Crippen MR) is 82.8 cm³/mol. The Morgan fingerprint density at radius 2 is 1.62 bits per heavy atom. The van der Waals surface area contributed by atoms with Crippen LogP contribution < -0.4 is 0 Å². The smallest absolute Gasteiger partial charge is 0.148 e. The van der Waals surface area contributed by atoms with E-state index in [0.29, 0.717) is 15.6 Å². The van der Waals surface area contributed by atoms with E-state index in [2.05, 4.69) is 10.2 Å². The van der Waals surface area contributed by atoms with E-state index in [1.54, 1.807) is 0 Å². The molecule has 3 rings (SSSR count). The van der Waals surface area contributed by atoms with Crippen molar-refractivity contribution >= 4 is 22.9 Å². The summed E-state index contributed by atoms with van der Waals surface area (Å²) in [6.07, 6.45) is 0.